The van der Waals surface area contributed by atoms with Crippen LogP contribution in [0.5, 0.6) is 0 Å². The maximum absolute atomic E-state index is 11.7. The Morgan fingerprint density at radius 2 is 2.25 bits per heavy atom. The van der Waals surface area contributed by atoms with Crippen molar-refractivity contribution in [2.24, 2.45) is 5.73 Å². The molecule has 0 radical (unpaired) electrons. The fourth-order valence-electron chi connectivity index (χ4n) is 1.99. The minimum Gasteiger partial charge on any atom is -0.339 e. The molecule has 0 saturated carbocycles. The SMILES string of the molecule is Cc1cccc(CCC(=O)N2CC(N)C2)c1. The molecule has 0 aromatic heterocycles. The molecule has 1 heterocycles. The van der Waals surface area contributed by atoms with Crippen LogP contribution in [-0.4, -0.2) is 29.9 Å². The Balaban J connectivity index is 1.81. The highest BCUT2D eigenvalue weighted by Crippen LogP contribution is 2.11. The number of benzene rings is 1. The van der Waals surface area contributed by atoms with Gasteiger partial charge in [-0.2, -0.15) is 0 Å². The zero-order valence-corrected chi connectivity index (χ0v) is 9.65. The highest BCUT2D eigenvalue weighted by Gasteiger charge is 2.26. The average Bonchev–Trinajstić information content (AvgIpc) is 2.22. The van der Waals surface area contributed by atoms with Crippen LogP contribution in [0.4, 0.5) is 0 Å². The van der Waals surface area contributed by atoms with Crippen molar-refractivity contribution in [3.8, 4) is 0 Å². The van der Waals surface area contributed by atoms with E-state index in [2.05, 4.69) is 25.1 Å². The molecule has 0 spiro atoms. The second-order valence-corrected chi connectivity index (χ2v) is 4.55. The summed E-state index contributed by atoms with van der Waals surface area (Å²) < 4.78 is 0. The van der Waals surface area contributed by atoms with Gasteiger partial charge in [0, 0.05) is 25.6 Å². The van der Waals surface area contributed by atoms with E-state index in [4.69, 9.17) is 5.73 Å². The number of hydrogen-bond acceptors (Lipinski definition) is 2. The van der Waals surface area contributed by atoms with Crippen LogP contribution in [0.15, 0.2) is 24.3 Å². The van der Waals surface area contributed by atoms with Crippen LogP contribution in [-0.2, 0) is 11.2 Å². The molecule has 0 atom stereocenters. The van der Waals surface area contributed by atoms with E-state index in [1.165, 1.54) is 11.1 Å². The third-order valence-corrected chi connectivity index (χ3v) is 2.97. The molecule has 1 aromatic carbocycles. The molecule has 86 valence electrons. The number of likely N-dealkylation sites (tertiary alicyclic amines) is 1. The largest absolute Gasteiger partial charge is 0.339 e. The molecule has 0 aliphatic carbocycles. The van der Waals surface area contributed by atoms with E-state index < -0.39 is 0 Å². The van der Waals surface area contributed by atoms with Crippen molar-refractivity contribution < 1.29 is 4.79 Å². The van der Waals surface area contributed by atoms with Gasteiger partial charge in [-0.05, 0) is 18.9 Å². The first kappa shape index (κ1) is 11.1. The molecule has 2 rings (SSSR count). The minimum atomic E-state index is 0.197. The van der Waals surface area contributed by atoms with Gasteiger partial charge in [0.15, 0.2) is 0 Å². The van der Waals surface area contributed by atoms with Crippen molar-refractivity contribution >= 4 is 5.91 Å². The van der Waals surface area contributed by atoms with Crippen LogP contribution >= 0.6 is 0 Å². The van der Waals surface area contributed by atoms with E-state index in [1.54, 1.807) is 0 Å². The third-order valence-electron chi connectivity index (χ3n) is 2.97. The van der Waals surface area contributed by atoms with Gasteiger partial charge in [-0.1, -0.05) is 29.8 Å². The number of carbonyl (C=O) groups excluding carboxylic acids is 1. The van der Waals surface area contributed by atoms with Gasteiger partial charge < -0.3 is 10.6 Å². The fraction of sp³-hybridized carbons (Fsp3) is 0.462. The number of amides is 1. The van der Waals surface area contributed by atoms with Crippen LogP contribution in [0.3, 0.4) is 0 Å². The number of nitrogens with two attached hydrogens (primary N) is 1. The number of carbonyl (C=O) groups is 1. The lowest BCUT2D eigenvalue weighted by atomic mass is 10.0. The van der Waals surface area contributed by atoms with Crippen molar-refractivity contribution in [2.75, 3.05) is 13.1 Å². The van der Waals surface area contributed by atoms with Gasteiger partial charge in [0.25, 0.3) is 0 Å². The Hall–Kier alpha value is -1.35. The Bertz CT molecular complexity index is 383. The third kappa shape index (κ3) is 2.61. The first-order valence-corrected chi connectivity index (χ1v) is 5.74. The lowest BCUT2D eigenvalue weighted by Crippen LogP contribution is -2.57. The van der Waals surface area contributed by atoms with Gasteiger partial charge in [0.1, 0.15) is 0 Å². The molecule has 1 aromatic rings. The van der Waals surface area contributed by atoms with E-state index in [9.17, 15) is 4.79 Å². The number of aryl methyl sites for hydroxylation is 2. The molecular formula is C13H18N2O. The summed E-state index contributed by atoms with van der Waals surface area (Å²) in [6.45, 7) is 3.53. The van der Waals surface area contributed by atoms with Crippen molar-refractivity contribution in [1.82, 2.24) is 4.90 Å². The summed E-state index contributed by atoms with van der Waals surface area (Å²) in [6, 6.07) is 8.51. The monoisotopic (exact) mass is 218 g/mol. The number of nitrogens with zero attached hydrogens (tertiary/aromatic N) is 1. The van der Waals surface area contributed by atoms with E-state index in [0.29, 0.717) is 6.42 Å². The van der Waals surface area contributed by atoms with Crippen molar-refractivity contribution in [1.29, 1.82) is 0 Å². The molecule has 1 aliphatic heterocycles. The van der Waals surface area contributed by atoms with E-state index in [-0.39, 0.29) is 11.9 Å². The molecule has 3 nitrogen and oxygen atoms in total. The van der Waals surface area contributed by atoms with Crippen LogP contribution < -0.4 is 5.73 Å². The van der Waals surface area contributed by atoms with Crippen LogP contribution in [0, 0.1) is 6.92 Å². The summed E-state index contributed by atoms with van der Waals surface area (Å²) in [6.07, 6.45) is 1.42. The average molecular weight is 218 g/mol. The summed E-state index contributed by atoms with van der Waals surface area (Å²) >= 11 is 0. The zero-order valence-electron chi connectivity index (χ0n) is 9.65. The summed E-state index contributed by atoms with van der Waals surface area (Å²) in [5.41, 5.74) is 8.12. The van der Waals surface area contributed by atoms with Gasteiger partial charge in [0.05, 0.1) is 0 Å². The second-order valence-electron chi connectivity index (χ2n) is 4.55. The fourth-order valence-corrected chi connectivity index (χ4v) is 1.99. The van der Waals surface area contributed by atoms with Gasteiger partial charge in [-0.3, -0.25) is 4.79 Å². The van der Waals surface area contributed by atoms with Crippen molar-refractivity contribution in [3.05, 3.63) is 35.4 Å². The van der Waals surface area contributed by atoms with E-state index in [1.807, 2.05) is 11.0 Å². The smallest absolute Gasteiger partial charge is 0.223 e. The minimum absolute atomic E-state index is 0.197. The Morgan fingerprint density at radius 3 is 2.88 bits per heavy atom. The first-order valence-electron chi connectivity index (χ1n) is 5.74. The van der Waals surface area contributed by atoms with Gasteiger partial charge in [-0.15, -0.1) is 0 Å². The molecule has 0 unspecified atom stereocenters. The normalized spacial score (nSPS) is 16.0. The topological polar surface area (TPSA) is 46.3 Å². The maximum Gasteiger partial charge on any atom is 0.223 e. The summed E-state index contributed by atoms with van der Waals surface area (Å²) in [4.78, 5) is 13.5. The highest BCUT2D eigenvalue weighted by molar-refractivity contribution is 5.77. The molecule has 1 aliphatic rings. The zero-order chi connectivity index (χ0) is 11.5. The van der Waals surface area contributed by atoms with Gasteiger partial charge >= 0.3 is 0 Å². The van der Waals surface area contributed by atoms with Gasteiger partial charge in [-0.25, -0.2) is 0 Å². The van der Waals surface area contributed by atoms with E-state index >= 15 is 0 Å². The van der Waals surface area contributed by atoms with Gasteiger partial charge in [0.2, 0.25) is 5.91 Å². The molecular weight excluding hydrogens is 200 g/mol. The molecule has 0 bridgehead atoms. The van der Waals surface area contributed by atoms with Crippen molar-refractivity contribution in [2.45, 2.75) is 25.8 Å². The van der Waals surface area contributed by atoms with Crippen LogP contribution in [0.1, 0.15) is 17.5 Å². The predicted octanol–water partition coefficient (Wildman–Crippen LogP) is 1.10. The Labute approximate surface area is 96.2 Å². The summed E-state index contributed by atoms with van der Waals surface area (Å²) in [7, 11) is 0. The molecule has 1 saturated heterocycles. The lowest BCUT2D eigenvalue weighted by molar-refractivity contribution is -0.135. The molecule has 16 heavy (non-hydrogen) atoms. The number of rotatable bonds is 3. The maximum atomic E-state index is 11.7. The molecule has 1 amide bonds. The first-order chi connectivity index (χ1) is 7.65. The van der Waals surface area contributed by atoms with Crippen LogP contribution in [0.2, 0.25) is 0 Å². The lowest BCUT2D eigenvalue weighted by Gasteiger charge is -2.36. The van der Waals surface area contributed by atoms with E-state index in [0.717, 1.165) is 19.5 Å². The standard InChI is InChI=1S/C13H18N2O/c1-10-3-2-4-11(7-10)5-6-13(16)15-8-12(14)9-15/h2-4,7,12H,5-6,8-9,14H2,1H3. The summed E-state index contributed by atoms with van der Waals surface area (Å²) in [5, 5.41) is 0. The van der Waals surface area contributed by atoms with Crippen molar-refractivity contribution in [3.63, 3.8) is 0 Å². The molecule has 3 heteroatoms. The Morgan fingerprint density at radius 1 is 1.50 bits per heavy atom. The summed E-state index contributed by atoms with van der Waals surface area (Å²) in [5.74, 6) is 0.225. The quantitative estimate of drug-likeness (QED) is 0.825. The predicted molar refractivity (Wildman–Crippen MR) is 64.1 cm³/mol. The molecule has 1 fully saturated rings. The van der Waals surface area contributed by atoms with Crippen LogP contribution in [0.25, 0.3) is 0 Å². The Kier molecular flexibility index (Phi) is 3.25. The second kappa shape index (κ2) is 4.66. The molecule has 2 N–H and O–H groups in total. The highest BCUT2D eigenvalue weighted by atomic mass is 16.2. The number of hydrogen-bond donors (Lipinski definition) is 1.